The minimum absolute atomic E-state index is 0.208. The second kappa shape index (κ2) is 8.28. The molecule has 0 radical (unpaired) electrons. The molecule has 22 heavy (non-hydrogen) atoms. The molecule has 0 spiro atoms. The van der Waals surface area contributed by atoms with Gasteiger partial charge in [0.25, 0.3) is 0 Å². The SMILES string of the molecule is CC[C@@H](C=Nc1ccccc1)[C@@H](C)CC(=O)c1ccccc1. The predicted octanol–water partition coefficient (Wildman–Crippen LogP) is 5.32. The van der Waals surface area contributed by atoms with Crippen molar-refractivity contribution in [1.82, 2.24) is 0 Å². The fourth-order valence-corrected chi connectivity index (χ4v) is 2.54. The van der Waals surface area contributed by atoms with Gasteiger partial charge in [0.1, 0.15) is 0 Å². The molecule has 0 bridgehead atoms. The Kier molecular flexibility index (Phi) is 6.08. The van der Waals surface area contributed by atoms with Gasteiger partial charge in [0.05, 0.1) is 5.69 Å². The summed E-state index contributed by atoms with van der Waals surface area (Å²) in [6.07, 6.45) is 3.54. The van der Waals surface area contributed by atoms with E-state index in [1.807, 2.05) is 66.9 Å². The Morgan fingerprint density at radius 2 is 1.64 bits per heavy atom. The lowest BCUT2D eigenvalue weighted by Gasteiger charge is -2.18. The van der Waals surface area contributed by atoms with Crippen LogP contribution in [-0.4, -0.2) is 12.0 Å². The maximum absolute atomic E-state index is 12.3. The van der Waals surface area contributed by atoms with Crippen LogP contribution >= 0.6 is 0 Å². The smallest absolute Gasteiger partial charge is 0.163 e. The average molecular weight is 293 g/mol. The van der Waals surface area contributed by atoms with E-state index in [1.54, 1.807) is 0 Å². The van der Waals surface area contributed by atoms with Crippen LogP contribution in [0.2, 0.25) is 0 Å². The van der Waals surface area contributed by atoms with Crippen molar-refractivity contribution >= 4 is 17.7 Å². The maximum Gasteiger partial charge on any atom is 0.163 e. The average Bonchev–Trinajstić information content (AvgIpc) is 2.57. The zero-order valence-electron chi connectivity index (χ0n) is 13.3. The first-order valence-corrected chi connectivity index (χ1v) is 7.88. The van der Waals surface area contributed by atoms with E-state index in [-0.39, 0.29) is 11.7 Å². The molecule has 114 valence electrons. The Bertz CT molecular complexity index is 604. The van der Waals surface area contributed by atoms with Crippen LogP contribution in [0, 0.1) is 11.8 Å². The van der Waals surface area contributed by atoms with Crippen molar-refractivity contribution in [3.8, 4) is 0 Å². The highest BCUT2D eigenvalue weighted by Gasteiger charge is 2.18. The summed E-state index contributed by atoms with van der Waals surface area (Å²) in [6, 6.07) is 19.4. The summed E-state index contributed by atoms with van der Waals surface area (Å²) in [7, 11) is 0. The zero-order valence-corrected chi connectivity index (χ0v) is 13.3. The second-order valence-corrected chi connectivity index (χ2v) is 5.66. The van der Waals surface area contributed by atoms with E-state index >= 15 is 0 Å². The summed E-state index contributed by atoms with van der Waals surface area (Å²) in [4.78, 5) is 16.8. The van der Waals surface area contributed by atoms with Gasteiger partial charge < -0.3 is 0 Å². The number of nitrogens with zero attached hydrogens (tertiary/aromatic N) is 1. The Morgan fingerprint density at radius 1 is 1.05 bits per heavy atom. The van der Waals surface area contributed by atoms with Gasteiger partial charge in [-0.25, -0.2) is 0 Å². The first-order chi connectivity index (χ1) is 10.7. The largest absolute Gasteiger partial charge is 0.294 e. The van der Waals surface area contributed by atoms with E-state index in [1.165, 1.54) is 0 Å². The lowest BCUT2D eigenvalue weighted by atomic mass is 9.87. The van der Waals surface area contributed by atoms with Crippen molar-refractivity contribution in [3.63, 3.8) is 0 Å². The quantitative estimate of drug-likeness (QED) is 0.501. The molecule has 0 saturated heterocycles. The van der Waals surface area contributed by atoms with Crippen LogP contribution in [0.15, 0.2) is 65.7 Å². The van der Waals surface area contributed by atoms with Crippen LogP contribution in [0.4, 0.5) is 5.69 Å². The van der Waals surface area contributed by atoms with E-state index in [4.69, 9.17) is 0 Å². The summed E-state index contributed by atoms with van der Waals surface area (Å²) < 4.78 is 0. The number of para-hydroxylation sites is 1. The molecule has 0 fully saturated rings. The van der Waals surface area contributed by atoms with Crippen molar-refractivity contribution in [2.75, 3.05) is 0 Å². The van der Waals surface area contributed by atoms with Gasteiger partial charge in [0, 0.05) is 18.2 Å². The van der Waals surface area contributed by atoms with Crippen molar-refractivity contribution in [2.24, 2.45) is 16.8 Å². The van der Waals surface area contributed by atoms with Crippen LogP contribution in [-0.2, 0) is 0 Å². The summed E-state index contributed by atoms with van der Waals surface area (Å²) in [6.45, 7) is 4.27. The fraction of sp³-hybridized carbons (Fsp3) is 0.300. The number of carbonyl (C=O) groups is 1. The Hall–Kier alpha value is -2.22. The van der Waals surface area contributed by atoms with Crippen LogP contribution in [0.3, 0.4) is 0 Å². The van der Waals surface area contributed by atoms with Crippen molar-refractivity contribution in [3.05, 3.63) is 66.2 Å². The Morgan fingerprint density at radius 3 is 2.23 bits per heavy atom. The van der Waals surface area contributed by atoms with Crippen LogP contribution < -0.4 is 0 Å². The van der Waals surface area contributed by atoms with Crippen molar-refractivity contribution in [1.29, 1.82) is 0 Å². The summed E-state index contributed by atoms with van der Waals surface area (Å²) in [5.74, 6) is 0.803. The number of rotatable bonds is 7. The first kappa shape index (κ1) is 16.2. The number of hydrogen-bond donors (Lipinski definition) is 0. The normalized spacial score (nSPS) is 13.9. The molecule has 2 aromatic rings. The maximum atomic E-state index is 12.3. The number of aliphatic imine (C=N–C) groups is 1. The molecule has 2 nitrogen and oxygen atoms in total. The van der Waals surface area contributed by atoms with Crippen molar-refractivity contribution in [2.45, 2.75) is 26.7 Å². The predicted molar refractivity (Wildman–Crippen MR) is 92.9 cm³/mol. The number of ketones is 1. The third kappa shape index (κ3) is 4.66. The summed E-state index contributed by atoms with van der Waals surface area (Å²) in [5.41, 5.74) is 1.76. The fourth-order valence-electron chi connectivity index (χ4n) is 2.54. The van der Waals surface area contributed by atoms with Gasteiger partial charge in [-0.1, -0.05) is 62.4 Å². The van der Waals surface area contributed by atoms with Gasteiger partial charge in [-0.15, -0.1) is 0 Å². The van der Waals surface area contributed by atoms with Gasteiger partial charge >= 0.3 is 0 Å². The molecule has 0 N–H and O–H groups in total. The molecule has 0 aliphatic heterocycles. The Balaban J connectivity index is 1.98. The molecule has 2 aromatic carbocycles. The van der Waals surface area contributed by atoms with Gasteiger partial charge in [-0.2, -0.15) is 0 Å². The molecule has 0 aliphatic rings. The highest BCUT2D eigenvalue weighted by Crippen LogP contribution is 2.21. The molecular weight excluding hydrogens is 270 g/mol. The highest BCUT2D eigenvalue weighted by atomic mass is 16.1. The third-order valence-corrected chi connectivity index (χ3v) is 3.98. The van der Waals surface area contributed by atoms with E-state index in [2.05, 4.69) is 18.8 Å². The molecule has 0 aliphatic carbocycles. The van der Waals surface area contributed by atoms with Gasteiger partial charge in [-0.3, -0.25) is 9.79 Å². The van der Waals surface area contributed by atoms with Crippen molar-refractivity contribution < 1.29 is 4.79 Å². The standard InChI is InChI=1S/C20H23NO/c1-3-17(15-21-19-12-8-5-9-13-19)16(2)14-20(22)18-10-6-4-7-11-18/h4-13,15-17H,3,14H2,1-2H3/t16-,17-/m0/s1. The lowest BCUT2D eigenvalue weighted by Crippen LogP contribution is -2.16. The number of hydrogen-bond acceptors (Lipinski definition) is 2. The van der Waals surface area contributed by atoms with Crippen LogP contribution in [0.25, 0.3) is 0 Å². The lowest BCUT2D eigenvalue weighted by molar-refractivity contribution is 0.0957. The summed E-state index contributed by atoms with van der Waals surface area (Å²) in [5, 5.41) is 0. The molecule has 0 amide bonds. The van der Waals surface area contributed by atoms with Gasteiger partial charge in [0.2, 0.25) is 0 Å². The molecule has 2 atom stereocenters. The molecule has 2 rings (SSSR count). The number of carbonyl (C=O) groups excluding carboxylic acids is 1. The highest BCUT2D eigenvalue weighted by molar-refractivity contribution is 5.96. The van der Waals surface area contributed by atoms with E-state index < -0.39 is 0 Å². The van der Waals surface area contributed by atoms with Crippen LogP contribution in [0.1, 0.15) is 37.0 Å². The summed E-state index contributed by atoms with van der Waals surface area (Å²) >= 11 is 0. The Labute approximate surface area is 132 Å². The third-order valence-electron chi connectivity index (χ3n) is 3.98. The van der Waals surface area contributed by atoms with Gasteiger partial charge in [0.15, 0.2) is 5.78 Å². The topological polar surface area (TPSA) is 29.4 Å². The minimum atomic E-state index is 0.208. The molecule has 0 heterocycles. The first-order valence-electron chi connectivity index (χ1n) is 7.88. The minimum Gasteiger partial charge on any atom is -0.294 e. The molecule has 2 heteroatoms. The number of Topliss-reactive ketones (excluding diaryl/α,β-unsaturated/α-hetero) is 1. The zero-order chi connectivity index (χ0) is 15.8. The molecule has 0 saturated carbocycles. The van der Waals surface area contributed by atoms with E-state index in [9.17, 15) is 4.79 Å². The van der Waals surface area contributed by atoms with E-state index in [0.29, 0.717) is 12.3 Å². The van der Waals surface area contributed by atoms with E-state index in [0.717, 1.165) is 17.7 Å². The van der Waals surface area contributed by atoms with Gasteiger partial charge in [-0.05, 0) is 30.4 Å². The molecular formula is C20H23NO. The number of benzene rings is 2. The molecule has 0 aromatic heterocycles. The molecule has 0 unspecified atom stereocenters. The second-order valence-electron chi connectivity index (χ2n) is 5.66. The monoisotopic (exact) mass is 293 g/mol. The van der Waals surface area contributed by atoms with Crippen LogP contribution in [0.5, 0.6) is 0 Å².